The molecule has 3 nitrogen and oxygen atoms in total. The van der Waals surface area contributed by atoms with Crippen molar-refractivity contribution in [2.75, 3.05) is 6.54 Å². The summed E-state index contributed by atoms with van der Waals surface area (Å²) in [7, 11) is 0. The molecular formula is C15H15BrN2O. The molecule has 2 heterocycles. The molecule has 98 valence electrons. The zero-order valence-electron chi connectivity index (χ0n) is 10.6. The monoisotopic (exact) mass is 318 g/mol. The third-order valence-electron chi connectivity index (χ3n) is 3.48. The molecule has 0 bridgehead atoms. The molecular weight excluding hydrogens is 304 g/mol. The van der Waals surface area contributed by atoms with E-state index in [1.54, 1.807) is 0 Å². The smallest absolute Gasteiger partial charge is 0.277 e. The SMILES string of the molecule is O=C1/C(=C\c2ccc(Br)cc2)N=C2CCCCCN12. The zero-order chi connectivity index (χ0) is 13.2. The molecule has 0 atom stereocenters. The second kappa shape index (κ2) is 5.29. The van der Waals surface area contributed by atoms with E-state index < -0.39 is 0 Å². The quantitative estimate of drug-likeness (QED) is 0.728. The Morgan fingerprint density at radius 1 is 1.16 bits per heavy atom. The molecule has 0 radical (unpaired) electrons. The lowest BCUT2D eigenvalue weighted by Gasteiger charge is -2.13. The predicted molar refractivity (Wildman–Crippen MR) is 79.7 cm³/mol. The number of rotatable bonds is 1. The van der Waals surface area contributed by atoms with Crippen molar-refractivity contribution in [2.45, 2.75) is 25.7 Å². The van der Waals surface area contributed by atoms with Crippen molar-refractivity contribution in [3.8, 4) is 0 Å². The van der Waals surface area contributed by atoms with Gasteiger partial charge < -0.3 is 0 Å². The normalized spacial score (nSPS) is 21.3. The number of nitrogens with zero attached hydrogens (tertiary/aromatic N) is 2. The third-order valence-corrected chi connectivity index (χ3v) is 4.01. The highest BCUT2D eigenvalue weighted by molar-refractivity contribution is 9.10. The first-order chi connectivity index (χ1) is 9.24. The molecule has 0 N–H and O–H groups in total. The van der Waals surface area contributed by atoms with Crippen LogP contribution in [0.15, 0.2) is 39.4 Å². The van der Waals surface area contributed by atoms with E-state index in [4.69, 9.17) is 0 Å². The summed E-state index contributed by atoms with van der Waals surface area (Å²) in [5, 5.41) is 0. The van der Waals surface area contributed by atoms with E-state index >= 15 is 0 Å². The molecule has 1 fully saturated rings. The second-order valence-electron chi connectivity index (χ2n) is 4.88. The standard InChI is InChI=1S/C15H15BrN2O/c16-12-7-5-11(6-8-12)10-13-15(19)18-9-3-1-2-4-14(18)17-13/h5-8,10H,1-4,9H2/b13-10+. The van der Waals surface area contributed by atoms with Gasteiger partial charge in [0.1, 0.15) is 11.5 Å². The minimum absolute atomic E-state index is 0.0554. The summed E-state index contributed by atoms with van der Waals surface area (Å²) in [6, 6.07) is 7.90. The van der Waals surface area contributed by atoms with Crippen molar-refractivity contribution in [2.24, 2.45) is 4.99 Å². The van der Waals surface area contributed by atoms with E-state index in [-0.39, 0.29) is 5.91 Å². The van der Waals surface area contributed by atoms with E-state index in [0.29, 0.717) is 5.70 Å². The number of fused-ring (bicyclic) bond motifs is 1. The van der Waals surface area contributed by atoms with Crippen molar-refractivity contribution in [1.29, 1.82) is 0 Å². The van der Waals surface area contributed by atoms with Gasteiger partial charge >= 0.3 is 0 Å². The van der Waals surface area contributed by atoms with Crippen LogP contribution in [0.25, 0.3) is 6.08 Å². The van der Waals surface area contributed by atoms with Gasteiger partial charge in [-0.05, 0) is 36.6 Å². The van der Waals surface area contributed by atoms with Crippen LogP contribution in [0.5, 0.6) is 0 Å². The summed E-state index contributed by atoms with van der Waals surface area (Å²) < 4.78 is 1.03. The van der Waals surface area contributed by atoms with Gasteiger partial charge in [0.05, 0.1) is 0 Å². The van der Waals surface area contributed by atoms with Gasteiger partial charge in [-0.2, -0.15) is 0 Å². The van der Waals surface area contributed by atoms with Crippen molar-refractivity contribution >= 4 is 33.7 Å². The number of carbonyl (C=O) groups excluding carboxylic acids is 1. The minimum Gasteiger partial charge on any atom is -0.295 e. The van der Waals surface area contributed by atoms with Gasteiger partial charge in [0.25, 0.3) is 5.91 Å². The van der Waals surface area contributed by atoms with Crippen LogP contribution in [0.3, 0.4) is 0 Å². The first kappa shape index (κ1) is 12.6. The number of hydrogen-bond acceptors (Lipinski definition) is 2. The zero-order valence-corrected chi connectivity index (χ0v) is 12.2. The van der Waals surface area contributed by atoms with E-state index in [2.05, 4.69) is 20.9 Å². The Labute approximate surface area is 121 Å². The molecule has 0 aromatic heterocycles. The molecule has 0 unspecified atom stereocenters. The van der Waals surface area contributed by atoms with E-state index in [0.717, 1.165) is 41.7 Å². The highest BCUT2D eigenvalue weighted by atomic mass is 79.9. The number of hydrogen-bond donors (Lipinski definition) is 0. The molecule has 2 aliphatic heterocycles. The fraction of sp³-hybridized carbons (Fsp3) is 0.333. The van der Waals surface area contributed by atoms with Crippen LogP contribution in [-0.4, -0.2) is 23.2 Å². The molecule has 1 saturated heterocycles. The molecule has 0 aliphatic carbocycles. The van der Waals surface area contributed by atoms with Crippen molar-refractivity contribution in [3.63, 3.8) is 0 Å². The van der Waals surface area contributed by atoms with Crippen LogP contribution < -0.4 is 0 Å². The Bertz CT molecular complexity index is 560. The van der Waals surface area contributed by atoms with E-state index in [1.165, 1.54) is 6.42 Å². The third kappa shape index (κ3) is 2.63. The van der Waals surface area contributed by atoms with Crippen LogP contribution >= 0.6 is 15.9 Å². The molecule has 19 heavy (non-hydrogen) atoms. The number of benzene rings is 1. The van der Waals surface area contributed by atoms with Crippen LogP contribution in [-0.2, 0) is 4.79 Å². The largest absolute Gasteiger partial charge is 0.295 e. The van der Waals surface area contributed by atoms with Gasteiger partial charge in [-0.15, -0.1) is 0 Å². The number of carbonyl (C=O) groups is 1. The summed E-state index contributed by atoms with van der Waals surface area (Å²) in [4.78, 5) is 18.7. The van der Waals surface area contributed by atoms with E-state index in [1.807, 2.05) is 35.2 Å². The summed E-state index contributed by atoms with van der Waals surface area (Å²) >= 11 is 3.41. The molecule has 0 spiro atoms. The summed E-state index contributed by atoms with van der Waals surface area (Å²) in [5.74, 6) is 1.01. The molecule has 4 heteroatoms. The van der Waals surface area contributed by atoms with Crippen LogP contribution in [0.4, 0.5) is 0 Å². The summed E-state index contributed by atoms with van der Waals surface area (Å²) in [6.07, 6.45) is 6.19. The molecule has 1 amide bonds. The topological polar surface area (TPSA) is 32.7 Å². The van der Waals surface area contributed by atoms with Crippen molar-refractivity contribution < 1.29 is 4.79 Å². The average molecular weight is 319 g/mol. The number of halogens is 1. The lowest BCUT2D eigenvalue weighted by atomic mass is 10.2. The van der Waals surface area contributed by atoms with Crippen LogP contribution in [0, 0.1) is 0 Å². The van der Waals surface area contributed by atoms with Gasteiger partial charge in [-0.1, -0.05) is 34.5 Å². The summed E-state index contributed by atoms with van der Waals surface area (Å²) in [6.45, 7) is 0.815. The number of amides is 1. The van der Waals surface area contributed by atoms with Gasteiger partial charge in [0, 0.05) is 17.4 Å². The highest BCUT2D eigenvalue weighted by Gasteiger charge is 2.30. The fourth-order valence-corrected chi connectivity index (χ4v) is 2.73. The number of amidine groups is 1. The average Bonchev–Trinajstić information content (AvgIpc) is 2.60. The van der Waals surface area contributed by atoms with Gasteiger partial charge in [-0.3, -0.25) is 9.69 Å². The number of aliphatic imine (C=N–C) groups is 1. The molecule has 3 rings (SSSR count). The summed E-state index contributed by atoms with van der Waals surface area (Å²) in [5.41, 5.74) is 1.58. The molecule has 1 aromatic carbocycles. The Hall–Kier alpha value is -1.42. The van der Waals surface area contributed by atoms with Crippen molar-refractivity contribution in [3.05, 3.63) is 40.0 Å². The lowest BCUT2D eigenvalue weighted by molar-refractivity contribution is -0.122. The highest BCUT2D eigenvalue weighted by Crippen LogP contribution is 2.24. The maximum Gasteiger partial charge on any atom is 0.277 e. The molecule has 0 saturated carbocycles. The Morgan fingerprint density at radius 3 is 2.74 bits per heavy atom. The Balaban J connectivity index is 1.89. The first-order valence-corrected chi connectivity index (χ1v) is 7.40. The molecule has 1 aromatic rings. The molecule has 2 aliphatic rings. The maximum absolute atomic E-state index is 12.3. The lowest BCUT2D eigenvalue weighted by Crippen LogP contribution is -2.31. The van der Waals surface area contributed by atoms with Crippen LogP contribution in [0.2, 0.25) is 0 Å². The van der Waals surface area contributed by atoms with Gasteiger partial charge in [0.2, 0.25) is 0 Å². The fourth-order valence-electron chi connectivity index (χ4n) is 2.46. The predicted octanol–water partition coefficient (Wildman–Crippen LogP) is 3.60. The maximum atomic E-state index is 12.3. The van der Waals surface area contributed by atoms with Crippen molar-refractivity contribution in [1.82, 2.24) is 4.90 Å². The Morgan fingerprint density at radius 2 is 1.95 bits per heavy atom. The Kier molecular flexibility index (Phi) is 3.51. The van der Waals surface area contributed by atoms with E-state index in [9.17, 15) is 4.79 Å². The first-order valence-electron chi connectivity index (χ1n) is 6.61. The van der Waals surface area contributed by atoms with Gasteiger partial charge in [-0.25, -0.2) is 4.99 Å². The second-order valence-corrected chi connectivity index (χ2v) is 5.79. The van der Waals surface area contributed by atoms with Gasteiger partial charge in [0.15, 0.2) is 0 Å². The minimum atomic E-state index is 0.0554. The van der Waals surface area contributed by atoms with Crippen LogP contribution in [0.1, 0.15) is 31.2 Å².